The summed E-state index contributed by atoms with van der Waals surface area (Å²) in [4.78, 5) is 16.7. The lowest BCUT2D eigenvalue weighted by molar-refractivity contribution is -0.116. The number of likely N-dealkylation sites (N-methyl/N-ethyl adjacent to an activating group) is 1. The monoisotopic (exact) mass is 303 g/mol. The van der Waals surface area contributed by atoms with Gasteiger partial charge in [-0.2, -0.15) is 0 Å². The van der Waals surface area contributed by atoms with Gasteiger partial charge < -0.3 is 15.1 Å². The quantitative estimate of drug-likeness (QED) is 0.908. The number of aryl methyl sites for hydroxylation is 1. The Balaban J connectivity index is 1.96. The van der Waals surface area contributed by atoms with Crippen molar-refractivity contribution in [2.24, 2.45) is 5.92 Å². The number of hydrogen-bond acceptors (Lipinski definition) is 3. The number of nitrogens with zero attached hydrogens (tertiary/aromatic N) is 2. The number of benzene rings is 1. The Labute approximate surface area is 134 Å². The molecule has 1 aromatic rings. The molecule has 0 atom stereocenters. The van der Waals surface area contributed by atoms with Crippen LogP contribution in [0.15, 0.2) is 18.2 Å². The van der Waals surface area contributed by atoms with Crippen molar-refractivity contribution < 1.29 is 4.79 Å². The highest BCUT2D eigenvalue weighted by molar-refractivity contribution is 5.91. The minimum absolute atomic E-state index is 0.115. The summed E-state index contributed by atoms with van der Waals surface area (Å²) in [5, 5.41) is 3.04. The van der Waals surface area contributed by atoms with E-state index in [0.717, 1.165) is 43.9 Å². The lowest BCUT2D eigenvalue weighted by atomic mass is 10.1. The SMILES string of the molecule is Cc1cc(N2CCN(C)CC2)ccc1NC(=O)CCC(C)C. The van der Waals surface area contributed by atoms with Crippen molar-refractivity contribution >= 4 is 17.3 Å². The van der Waals surface area contributed by atoms with E-state index in [0.29, 0.717) is 12.3 Å². The van der Waals surface area contributed by atoms with Gasteiger partial charge in [0.1, 0.15) is 0 Å². The van der Waals surface area contributed by atoms with Crippen molar-refractivity contribution in [1.29, 1.82) is 0 Å². The zero-order valence-corrected chi connectivity index (χ0v) is 14.4. The second-order valence-corrected chi connectivity index (χ2v) is 6.77. The van der Waals surface area contributed by atoms with Crippen molar-refractivity contribution in [1.82, 2.24) is 4.90 Å². The van der Waals surface area contributed by atoms with Gasteiger partial charge in [0.2, 0.25) is 5.91 Å². The number of nitrogens with one attached hydrogen (secondary N) is 1. The maximum absolute atomic E-state index is 12.0. The molecule has 2 rings (SSSR count). The molecule has 1 heterocycles. The molecule has 4 nitrogen and oxygen atoms in total. The Kier molecular flexibility index (Phi) is 5.83. The Bertz CT molecular complexity index is 505. The first-order valence-corrected chi connectivity index (χ1v) is 8.29. The zero-order valence-electron chi connectivity index (χ0n) is 14.4. The molecule has 0 spiro atoms. The molecule has 0 aliphatic carbocycles. The standard InChI is InChI=1S/C18H29N3O/c1-14(2)5-8-18(22)19-17-7-6-16(13-15(17)3)21-11-9-20(4)10-12-21/h6-7,13-14H,5,8-12H2,1-4H3,(H,19,22). The highest BCUT2D eigenvalue weighted by Gasteiger charge is 2.15. The molecule has 0 saturated carbocycles. The van der Waals surface area contributed by atoms with E-state index in [1.54, 1.807) is 0 Å². The predicted molar refractivity (Wildman–Crippen MR) is 93.6 cm³/mol. The highest BCUT2D eigenvalue weighted by atomic mass is 16.1. The summed E-state index contributed by atoms with van der Waals surface area (Å²) in [5.74, 6) is 0.676. The maximum Gasteiger partial charge on any atom is 0.224 e. The average Bonchev–Trinajstić information content (AvgIpc) is 2.48. The largest absolute Gasteiger partial charge is 0.369 e. The highest BCUT2D eigenvalue weighted by Crippen LogP contribution is 2.24. The number of carbonyl (C=O) groups excluding carboxylic acids is 1. The minimum Gasteiger partial charge on any atom is -0.369 e. The third-order valence-electron chi connectivity index (χ3n) is 4.30. The molecule has 22 heavy (non-hydrogen) atoms. The molecule has 1 aliphatic rings. The minimum atomic E-state index is 0.115. The molecule has 1 aromatic carbocycles. The summed E-state index contributed by atoms with van der Waals surface area (Å²) in [6.07, 6.45) is 1.53. The van der Waals surface area contributed by atoms with E-state index in [1.807, 2.05) is 6.07 Å². The second kappa shape index (κ2) is 7.63. The van der Waals surface area contributed by atoms with Crippen molar-refractivity contribution in [2.75, 3.05) is 43.4 Å². The molecular weight excluding hydrogens is 274 g/mol. The number of piperazine rings is 1. The van der Waals surface area contributed by atoms with Crippen LogP contribution in [0.25, 0.3) is 0 Å². The van der Waals surface area contributed by atoms with Crippen LogP contribution in [0.2, 0.25) is 0 Å². The summed E-state index contributed by atoms with van der Waals surface area (Å²) in [6, 6.07) is 6.34. The van der Waals surface area contributed by atoms with E-state index >= 15 is 0 Å². The molecule has 0 unspecified atom stereocenters. The van der Waals surface area contributed by atoms with Gasteiger partial charge in [0.15, 0.2) is 0 Å². The third kappa shape index (κ3) is 4.73. The molecule has 1 N–H and O–H groups in total. The van der Waals surface area contributed by atoms with Crippen LogP contribution < -0.4 is 10.2 Å². The Morgan fingerprint density at radius 3 is 2.50 bits per heavy atom. The van der Waals surface area contributed by atoms with E-state index in [-0.39, 0.29) is 5.91 Å². The van der Waals surface area contributed by atoms with Crippen LogP contribution in [0, 0.1) is 12.8 Å². The molecule has 1 amide bonds. The van der Waals surface area contributed by atoms with E-state index in [2.05, 4.69) is 55.1 Å². The van der Waals surface area contributed by atoms with Crippen molar-refractivity contribution in [3.8, 4) is 0 Å². The van der Waals surface area contributed by atoms with E-state index in [9.17, 15) is 4.79 Å². The molecule has 0 aromatic heterocycles. The number of amides is 1. The van der Waals surface area contributed by atoms with Crippen LogP contribution in [-0.2, 0) is 4.79 Å². The van der Waals surface area contributed by atoms with Crippen LogP contribution in [-0.4, -0.2) is 44.0 Å². The van der Waals surface area contributed by atoms with E-state index in [4.69, 9.17) is 0 Å². The lowest BCUT2D eigenvalue weighted by Crippen LogP contribution is -2.44. The topological polar surface area (TPSA) is 35.6 Å². The third-order valence-corrected chi connectivity index (χ3v) is 4.30. The van der Waals surface area contributed by atoms with Gasteiger partial charge in [0.25, 0.3) is 0 Å². The molecule has 1 fully saturated rings. The molecule has 1 saturated heterocycles. The van der Waals surface area contributed by atoms with Gasteiger partial charge in [-0.25, -0.2) is 0 Å². The van der Waals surface area contributed by atoms with Crippen LogP contribution in [0.5, 0.6) is 0 Å². The number of anilines is 2. The Hall–Kier alpha value is -1.55. The molecule has 122 valence electrons. The van der Waals surface area contributed by atoms with Gasteiger partial charge in [0, 0.05) is 44.0 Å². The molecule has 4 heteroatoms. The molecule has 0 bridgehead atoms. The summed E-state index contributed by atoms with van der Waals surface area (Å²) in [5.41, 5.74) is 3.33. The summed E-state index contributed by atoms with van der Waals surface area (Å²) < 4.78 is 0. The van der Waals surface area contributed by atoms with Crippen LogP contribution in [0.4, 0.5) is 11.4 Å². The fourth-order valence-electron chi connectivity index (χ4n) is 2.68. The summed E-state index contributed by atoms with van der Waals surface area (Å²) >= 11 is 0. The predicted octanol–water partition coefficient (Wildman–Crippen LogP) is 3.12. The zero-order chi connectivity index (χ0) is 16.1. The second-order valence-electron chi connectivity index (χ2n) is 6.77. The summed E-state index contributed by atoms with van der Waals surface area (Å²) in [6.45, 7) is 10.7. The van der Waals surface area contributed by atoms with Gasteiger partial charge >= 0.3 is 0 Å². The number of carbonyl (C=O) groups is 1. The maximum atomic E-state index is 12.0. The van der Waals surface area contributed by atoms with Crippen LogP contribution >= 0.6 is 0 Å². The first-order chi connectivity index (χ1) is 10.5. The first kappa shape index (κ1) is 16.8. The molecular formula is C18H29N3O. The Morgan fingerprint density at radius 2 is 1.91 bits per heavy atom. The van der Waals surface area contributed by atoms with Crippen LogP contribution in [0.1, 0.15) is 32.3 Å². The number of hydrogen-bond donors (Lipinski definition) is 1. The Morgan fingerprint density at radius 1 is 1.23 bits per heavy atom. The molecule has 0 radical (unpaired) electrons. The van der Waals surface area contributed by atoms with Crippen molar-refractivity contribution in [3.05, 3.63) is 23.8 Å². The van der Waals surface area contributed by atoms with Gasteiger partial charge in [-0.05, 0) is 50.1 Å². The molecule has 1 aliphatic heterocycles. The van der Waals surface area contributed by atoms with Gasteiger partial charge in [-0.1, -0.05) is 13.8 Å². The van der Waals surface area contributed by atoms with E-state index in [1.165, 1.54) is 5.69 Å². The first-order valence-electron chi connectivity index (χ1n) is 8.29. The van der Waals surface area contributed by atoms with E-state index < -0.39 is 0 Å². The normalized spacial score (nSPS) is 16.1. The summed E-state index contributed by atoms with van der Waals surface area (Å²) in [7, 11) is 2.17. The smallest absolute Gasteiger partial charge is 0.224 e. The van der Waals surface area contributed by atoms with Crippen molar-refractivity contribution in [2.45, 2.75) is 33.6 Å². The van der Waals surface area contributed by atoms with Gasteiger partial charge in [0.05, 0.1) is 0 Å². The fraction of sp³-hybridized carbons (Fsp3) is 0.611. The van der Waals surface area contributed by atoms with Gasteiger partial charge in [-0.3, -0.25) is 4.79 Å². The fourth-order valence-corrected chi connectivity index (χ4v) is 2.68. The van der Waals surface area contributed by atoms with Gasteiger partial charge in [-0.15, -0.1) is 0 Å². The number of rotatable bonds is 5. The van der Waals surface area contributed by atoms with Crippen LogP contribution in [0.3, 0.4) is 0 Å². The van der Waals surface area contributed by atoms with Crippen molar-refractivity contribution in [3.63, 3.8) is 0 Å². The average molecular weight is 303 g/mol. The lowest BCUT2D eigenvalue weighted by Gasteiger charge is -2.34.